The maximum atomic E-state index is 15.0. The van der Waals surface area contributed by atoms with Crippen LogP contribution in [0.4, 0.5) is 8.78 Å². The molecule has 45 heavy (non-hydrogen) atoms. The second-order valence-corrected chi connectivity index (χ2v) is 13.9. The fourth-order valence-corrected chi connectivity index (χ4v) is 6.96. The molecule has 2 amide bonds. The van der Waals surface area contributed by atoms with Gasteiger partial charge in [0, 0.05) is 67.0 Å². The van der Waals surface area contributed by atoms with Gasteiger partial charge in [0.15, 0.2) is 0 Å². The van der Waals surface area contributed by atoms with E-state index < -0.39 is 23.6 Å². The number of imidazole rings is 1. The van der Waals surface area contributed by atoms with Crippen molar-refractivity contribution in [1.82, 2.24) is 25.1 Å². The van der Waals surface area contributed by atoms with Crippen molar-refractivity contribution < 1.29 is 18.4 Å². The second-order valence-electron chi connectivity index (χ2n) is 13.4. The van der Waals surface area contributed by atoms with Crippen LogP contribution in [0.3, 0.4) is 0 Å². The topological polar surface area (TPSA) is 107 Å². The average molecular weight is 641 g/mol. The van der Waals surface area contributed by atoms with Gasteiger partial charge < -0.3 is 20.9 Å². The molecule has 11 heteroatoms. The Balaban J connectivity index is 1.27. The number of aromatic nitrogens is 2. The van der Waals surface area contributed by atoms with Crippen LogP contribution in [0.2, 0.25) is 5.02 Å². The fourth-order valence-electron chi connectivity index (χ4n) is 6.78. The van der Waals surface area contributed by atoms with E-state index in [0.717, 1.165) is 35.7 Å². The zero-order chi connectivity index (χ0) is 32.5. The number of nitrogens with one attached hydrogen (secondary N) is 2. The number of rotatable bonds is 8. The maximum absolute atomic E-state index is 15.0. The summed E-state index contributed by atoms with van der Waals surface area (Å²) in [6.45, 7) is 10.4. The Bertz CT molecular complexity index is 1500. The minimum Gasteiger partial charge on any atom is -0.348 e. The van der Waals surface area contributed by atoms with Crippen LogP contribution in [0.5, 0.6) is 0 Å². The third kappa shape index (κ3) is 7.56. The number of halogens is 3. The molecule has 3 aromatic rings. The molecule has 4 atom stereocenters. The van der Waals surface area contributed by atoms with E-state index >= 15 is 0 Å². The van der Waals surface area contributed by atoms with Crippen LogP contribution in [0.15, 0.2) is 48.9 Å². The molecule has 242 valence electrons. The lowest BCUT2D eigenvalue weighted by Crippen LogP contribution is -2.45. The molecule has 8 nitrogen and oxygen atoms in total. The molecule has 2 aliphatic rings. The highest BCUT2D eigenvalue weighted by atomic mass is 35.5. The molecular weight excluding hydrogens is 598 g/mol. The Morgan fingerprint density at radius 3 is 2.47 bits per heavy atom. The number of carbonyl (C=O) groups is 2. The van der Waals surface area contributed by atoms with E-state index in [9.17, 15) is 18.4 Å². The summed E-state index contributed by atoms with van der Waals surface area (Å²) in [6.07, 6.45) is 5.03. The molecule has 2 aliphatic heterocycles. The van der Waals surface area contributed by atoms with E-state index in [1.54, 1.807) is 12.5 Å². The first-order valence-corrected chi connectivity index (χ1v) is 16.0. The molecule has 0 saturated carbocycles. The first-order chi connectivity index (χ1) is 21.3. The van der Waals surface area contributed by atoms with Crippen molar-refractivity contribution in [2.45, 2.75) is 76.4 Å². The van der Waals surface area contributed by atoms with Gasteiger partial charge in [0.25, 0.3) is 0 Å². The predicted octanol–water partition coefficient (Wildman–Crippen LogP) is 5.31. The van der Waals surface area contributed by atoms with Gasteiger partial charge >= 0.3 is 0 Å². The highest BCUT2D eigenvalue weighted by Crippen LogP contribution is 2.40. The minimum absolute atomic E-state index is 0.0112. The number of amides is 2. The van der Waals surface area contributed by atoms with E-state index in [2.05, 4.69) is 41.0 Å². The Labute approximate surface area is 268 Å². The highest BCUT2D eigenvalue weighted by molar-refractivity contribution is 6.30. The van der Waals surface area contributed by atoms with Crippen LogP contribution >= 0.6 is 11.6 Å². The quantitative estimate of drug-likeness (QED) is 0.310. The van der Waals surface area contributed by atoms with Gasteiger partial charge in [-0.2, -0.15) is 0 Å². The van der Waals surface area contributed by atoms with Crippen molar-refractivity contribution in [2.75, 3.05) is 26.2 Å². The Morgan fingerprint density at radius 1 is 1.11 bits per heavy atom. The van der Waals surface area contributed by atoms with E-state index in [1.165, 1.54) is 12.1 Å². The average Bonchev–Trinajstić information content (AvgIpc) is 3.67. The van der Waals surface area contributed by atoms with Crippen molar-refractivity contribution in [3.8, 4) is 0 Å². The number of piperidine rings is 1. The second kappa shape index (κ2) is 13.6. The molecule has 0 radical (unpaired) electrons. The van der Waals surface area contributed by atoms with Crippen molar-refractivity contribution in [3.63, 3.8) is 0 Å². The standard InChI is InChI=1S/C34H43ClF2N6O2/c1-20(41-32(44)31(38)15-24-16-39-19-40-24)27-13-22(35)5-7-25(27)21-9-11-42(12-10-21)33(45)29-18-43(34(2,3)4)17-28(29)26-8-6-23(36)14-30(26)37/h5-8,13-14,16,19-21,28-29,31H,9-12,15,17-18,38H2,1-4H3,(H,39,40)(H,41,44)/t20-,28-,29+,31-/m0/s1. The Kier molecular flexibility index (Phi) is 9.96. The van der Waals surface area contributed by atoms with Gasteiger partial charge in [-0.25, -0.2) is 13.8 Å². The predicted molar refractivity (Wildman–Crippen MR) is 171 cm³/mol. The Morgan fingerprint density at radius 2 is 1.82 bits per heavy atom. The van der Waals surface area contributed by atoms with Crippen LogP contribution in [0, 0.1) is 17.6 Å². The molecule has 5 rings (SSSR count). The van der Waals surface area contributed by atoms with Crippen LogP contribution in [0.25, 0.3) is 0 Å². The molecule has 0 spiro atoms. The summed E-state index contributed by atoms with van der Waals surface area (Å²) < 4.78 is 28.7. The van der Waals surface area contributed by atoms with Crippen LogP contribution in [0.1, 0.15) is 80.8 Å². The summed E-state index contributed by atoms with van der Waals surface area (Å²) >= 11 is 6.41. The number of carbonyl (C=O) groups excluding carboxylic acids is 2. The third-order valence-electron chi connectivity index (χ3n) is 9.40. The molecule has 0 unspecified atom stereocenters. The SMILES string of the molecule is C[C@H](NC(=O)[C@@H](N)Cc1cnc[nH]1)c1cc(Cl)ccc1C1CCN(C(=O)[C@@H]2CN(C(C)(C)C)C[C@H]2c2ccc(F)cc2F)CC1. The van der Waals surface area contributed by atoms with E-state index in [0.29, 0.717) is 43.2 Å². The van der Waals surface area contributed by atoms with Gasteiger partial charge in [0.1, 0.15) is 11.6 Å². The number of nitrogens with two attached hydrogens (primary N) is 1. The van der Waals surface area contributed by atoms with Gasteiger partial charge in [0.05, 0.1) is 24.3 Å². The smallest absolute Gasteiger partial charge is 0.237 e. The minimum atomic E-state index is -0.734. The first-order valence-electron chi connectivity index (χ1n) is 15.6. The molecule has 3 heterocycles. The van der Waals surface area contributed by atoms with Gasteiger partial charge in [-0.1, -0.05) is 23.7 Å². The van der Waals surface area contributed by atoms with Gasteiger partial charge in [0.2, 0.25) is 11.8 Å². The van der Waals surface area contributed by atoms with E-state index in [-0.39, 0.29) is 35.2 Å². The number of H-pyrrole nitrogens is 1. The fraction of sp³-hybridized carbons (Fsp3) is 0.500. The van der Waals surface area contributed by atoms with Crippen molar-refractivity contribution in [2.24, 2.45) is 11.7 Å². The van der Waals surface area contributed by atoms with Crippen molar-refractivity contribution >= 4 is 23.4 Å². The normalized spacial score (nSPS) is 21.1. The Hall–Kier alpha value is -3.34. The summed E-state index contributed by atoms with van der Waals surface area (Å²) in [5.41, 5.74) is 9.17. The molecule has 2 aromatic carbocycles. The monoisotopic (exact) mass is 640 g/mol. The largest absolute Gasteiger partial charge is 0.348 e. The number of aromatic amines is 1. The number of hydrogen-bond donors (Lipinski definition) is 3. The maximum Gasteiger partial charge on any atom is 0.237 e. The van der Waals surface area contributed by atoms with Crippen LogP contribution in [-0.4, -0.2) is 69.3 Å². The first kappa shape index (κ1) is 33.0. The van der Waals surface area contributed by atoms with Gasteiger partial charge in [-0.15, -0.1) is 0 Å². The summed E-state index contributed by atoms with van der Waals surface area (Å²) in [6, 6.07) is 8.36. The van der Waals surface area contributed by atoms with E-state index in [4.69, 9.17) is 17.3 Å². The summed E-state index contributed by atoms with van der Waals surface area (Å²) in [5, 5.41) is 3.62. The lowest BCUT2D eigenvalue weighted by Gasteiger charge is -2.36. The molecule has 2 saturated heterocycles. The third-order valence-corrected chi connectivity index (χ3v) is 9.63. The zero-order valence-corrected chi connectivity index (χ0v) is 27.1. The zero-order valence-electron chi connectivity index (χ0n) is 26.3. The molecule has 0 bridgehead atoms. The molecule has 4 N–H and O–H groups in total. The highest BCUT2D eigenvalue weighted by Gasteiger charge is 2.45. The van der Waals surface area contributed by atoms with Crippen LogP contribution in [-0.2, 0) is 16.0 Å². The lowest BCUT2D eigenvalue weighted by molar-refractivity contribution is -0.136. The van der Waals surface area contributed by atoms with Crippen LogP contribution < -0.4 is 11.1 Å². The summed E-state index contributed by atoms with van der Waals surface area (Å²) in [7, 11) is 0. The molecule has 2 fully saturated rings. The molecule has 1 aromatic heterocycles. The number of likely N-dealkylation sites (tertiary alicyclic amines) is 2. The van der Waals surface area contributed by atoms with Crippen molar-refractivity contribution in [3.05, 3.63) is 88.0 Å². The molecule has 0 aliphatic carbocycles. The lowest BCUT2D eigenvalue weighted by atomic mass is 9.83. The van der Waals surface area contributed by atoms with Crippen molar-refractivity contribution in [1.29, 1.82) is 0 Å². The summed E-state index contributed by atoms with van der Waals surface area (Å²) in [4.78, 5) is 38.0. The summed E-state index contributed by atoms with van der Waals surface area (Å²) in [5.74, 6) is -2.10. The van der Waals surface area contributed by atoms with Gasteiger partial charge in [-0.05, 0) is 81.3 Å². The van der Waals surface area contributed by atoms with Gasteiger partial charge in [-0.3, -0.25) is 14.5 Å². The van der Waals surface area contributed by atoms with E-state index in [1.807, 2.05) is 30.0 Å². The number of nitrogens with zero attached hydrogens (tertiary/aromatic N) is 3. The number of hydrogen-bond acceptors (Lipinski definition) is 5. The molecular formula is C34H43ClF2N6O2. The number of benzene rings is 2.